The number of aromatic nitrogens is 2. The number of carbonyl (C=O) groups excluding carboxylic acids is 1. The van der Waals surface area contributed by atoms with Crippen molar-refractivity contribution < 1.29 is 9.53 Å². The van der Waals surface area contributed by atoms with Crippen LogP contribution in [0, 0.1) is 12.8 Å². The molecule has 0 radical (unpaired) electrons. The van der Waals surface area contributed by atoms with Crippen LogP contribution in [0.1, 0.15) is 41.0 Å². The van der Waals surface area contributed by atoms with Gasteiger partial charge in [0.05, 0.1) is 22.9 Å². The highest BCUT2D eigenvalue weighted by Gasteiger charge is 2.38. The minimum atomic E-state index is -0.272. The second-order valence-electron chi connectivity index (χ2n) is 6.52. The predicted molar refractivity (Wildman–Crippen MR) is 87.6 cm³/mol. The van der Waals surface area contributed by atoms with Gasteiger partial charge in [0.2, 0.25) is 0 Å². The number of aryl methyl sites for hydroxylation is 1. The van der Waals surface area contributed by atoms with Crippen LogP contribution < -0.4 is 11.2 Å². The van der Waals surface area contributed by atoms with Gasteiger partial charge in [0.1, 0.15) is 4.83 Å². The van der Waals surface area contributed by atoms with Crippen LogP contribution in [0.3, 0.4) is 0 Å². The molecule has 3 atom stereocenters. The van der Waals surface area contributed by atoms with E-state index in [4.69, 9.17) is 4.74 Å². The third-order valence-corrected chi connectivity index (χ3v) is 6.21. The van der Waals surface area contributed by atoms with Gasteiger partial charge in [-0.25, -0.2) is 4.79 Å². The molecule has 1 aliphatic heterocycles. The highest BCUT2D eigenvalue weighted by molar-refractivity contribution is 7.20. The minimum Gasteiger partial charge on any atom is -0.376 e. The summed E-state index contributed by atoms with van der Waals surface area (Å²) in [6, 6.07) is -0.0214. The number of aldehydes is 1. The molecule has 2 aliphatic rings. The molecule has 2 unspecified atom stereocenters. The first-order valence-corrected chi connectivity index (χ1v) is 8.69. The number of rotatable bonds is 4. The molecule has 2 aromatic heterocycles. The van der Waals surface area contributed by atoms with Crippen molar-refractivity contribution in [3.8, 4) is 0 Å². The molecule has 4 rings (SSSR count). The maximum atomic E-state index is 12.9. The summed E-state index contributed by atoms with van der Waals surface area (Å²) in [5, 5.41) is 0.509. The average molecular weight is 334 g/mol. The molecule has 1 saturated carbocycles. The summed E-state index contributed by atoms with van der Waals surface area (Å²) in [4.78, 5) is 38.1. The Morgan fingerprint density at radius 1 is 1.39 bits per heavy atom. The van der Waals surface area contributed by atoms with Gasteiger partial charge in [-0.1, -0.05) is 6.92 Å². The lowest BCUT2D eigenvalue weighted by Gasteiger charge is -2.27. The van der Waals surface area contributed by atoms with Gasteiger partial charge in [0, 0.05) is 12.6 Å². The quantitative estimate of drug-likeness (QED) is 0.798. The van der Waals surface area contributed by atoms with Crippen molar-refractivity contribution >= 4 is 27.8 Å². The lowest BCUT2D eigenvalue weighted by atomic mass is 10.2. The molecule has 2 fully saturated rings. The standard InChI is InChI=1S/C16H18N2O4S/c1-8-5-11(8)18-14(20)13-9(2)12(7-19)23-15(13)17(16(18)21)6-10-3-4-22-10/h7-8,10-11H,3-6H2,1-2H3/t8-,10?,11?/m0/s1. The molecule has 2 aromatic rings. The molecule has 23 heavy (non-hydrogen) atoms. The predicted octanol–water partition coefficient (Wildman–Crippen LogP) is 1.72. The zero-order valence-corrected chi connectivity index (χ0v) is 13.9. The molecule has 0 amide bonds. The molecule has 3 heterocycles. The summed E-state index contributed by atoms with van der Waals surface area (Å²) in [7, 11) is 0. The van der Waals surface area contributed by atoms with Crippen LogP contribution in [0.25, 0.3) is 10.2 Å². The zero-order valence-electron chi connectivity index (χ0n) is 13.1. The van der Waals surface area contributed by atoms with E-state index >= 15 is 0 Å². The van der Waals surface area contributed by atoms with Crippen molar-refractivity contribution in [1.82, 2.24) is 9.13 Å². The summed E-state index contributed by atoms with van der Waals surface area (Å²) < 4.78 is 8.48. The van der Waals surface area contributed by atoms with E-state index in [0.29, 0.717) is 39.7 Å². The topological polar surface area (TPSA) is 70.3 Å². The van der Waals surface area contributed by atoms with Gasteiger partial charge in [0.25, 0.3) is 5.56 Å². The SMILES string of the molecule is Cc1c(C=O)sc2c1c(=O)n(C1C[C@@H]1C)c(=O)n2CC1CCO1. The van der Waals surface area contributed by atoms with Crippen molar-refractivity contribution in [2.75, 3.05) is 6.61 Å². The van der Waals surface area contributed by atoms with Crippen LogP contribution in [-0.4, -0.2) is 28.1 Å². The first kappa shape index (κ1) is 14.8. The molecule has 0 N–H and O–H groups in total. The fourth-order valence-corrected chi connectivity index (χ4v) is 4.36. The molecular formula is C16H18N2O4S. The van der Waals surface area contributed by atoms with Crippen molar-refractivity contribution in [3.05, 3.63) is 31.3 Å². The number of thiophene rings is 1. The fourth-order valence-electron chi connectivity index (χ4n) is 3.24. The third kappa shape index (κ3) is 2.14. The average Bonchev–Trinajstić information content (AvgIpc) is 3.07. The molecular weight excluding hydrogens is 316 g/mol. The van der Waals surface area contributed by atoms with Crippen LogP contribution >= 0.6 is 11.3 Å². The maximum Gasteiger partial charge on any atom is 0.332 e. The first-order valence-electron chi connectivity index (χ1n) is 7.88. The number of hydrogen-bond acceptors (Lipinski definition) is 5. The van der Waals surface area contributed by atoms with E-state index < -0.39 is 0 Å². The van der Waals surface area contributed by atoms with E-state index in [1.54, 1.807) is 11.5 Å². The monoisotopic (exact) mass is 334 g/mol. The van der Waals surface area contributed by atoms with E-state index in [9.17, 15) is 14.4 Å². The number of hydrogen-bond donors (Lipinski definition) is 0. The number of ether oxygens (including phenoxy) is 1. The van der Waals surface area contributed by atoms with E-state index in [-0.39, 0.29) is 23.4 Å². The third-order valence-electron chi connectivity index (χ3n) is 4.97. The van der Waals surface area contributed by atoms with Crippen molar-refractivity contribution in [2.24, 2.45) is 5.92 Å². The Hall–Kier alpha value is -1.73. The summed E-state index contributed by atoms with van der Waals surface area (Å²) >= 11 is 1.22. The van der Waals surface area contributed by atoms with E-state index in [1.165, 1.54) is 15.9 Å². The van der Waals surface area contributed by atoms with E-state index in [2.05, 4.69) is 0 Å². The number of fused-ring (bicyclic) bond motifs is 1. The van der Waals surface area contributed by atoms with Crippen molar-refractivity contribution in [3.63, 3.8) is 0 Å². The Kier molecular flexibility index (Phi) is 3.32. The Morgan fingerprint density at radius 3 is 2.61 bits per heavy atom. The second kappa shape index (κ2) is 5.14. The minimum absolute atomic E-state index is 0.0144. The smallest absolute Gasteiger partial charge is 0.332 e. The molecule has 0 aromatic carbocycles. The Labute approximate surface area is 136 Å². The highest BCUT2D eigenvalue weighted by atomic mass is 32.1. The summed E-state index contributed by atoms with van der Waals surface area (Å²) in [5.41, 5.74) is 0.147. The first-order chi connectivity index (χ1) is 11.0. The normalized spacial score (nSPS) is 26.3. The lowest BCUT2D eigenvalue weighted by molar-refractivity contribution is -0.0593. The van der Waals surface area contributed by atoms with Crippen LogP contribution in [0.15, 0.2) is 9.59 Å². The van der Waals surface area contributed by atoms with E-state index in [0.717, 1.165) is 19.1 Å². The van der Waals surface area contributed by atoms with Crippen LogP contribution in [0.2, 0.25) is 0 Å². The zero-order chi connectivity index (χ0) is 16.3. The molecule has 7 heteroatoms. The van der Waals surface area contributed by atoms with Gasteiger partial charge in [-0.3, -0.25) is 18.7 Å². The van der Waals surface area contributed by atoms with Gasteiger partial charge in [-0.2, -0.15) is 0 Å². The second-order valence-corrected chi connectivity index (χ2v) is 7.55. The Morgan fingerprint density at radius 2 is 2.09 bits per heavy atom. The summed E-state index contributed by atoms with van der Waals surface area (Å²) in [6.45, 7) is 4.97. The van der Waals surface area contributed by atoms with Crippen molar-refractivity contribution in [1.29, 1.82) is 0 Å². The summed E-state index contributed by atoms with van der Waals surface area (Å²) in [6.07, 6.45) is 2.54. The van der Waals surface area contributed by atoms with Gasteiger partial charge >= 0.3 is 5.69 Å². The Bertz CT molecular complexity index is 919. The molecule has 1 saturated heterocycles. The van der Waals surface area contributed by atoms with Gasteiger partial charge in [-0.15, -0.1) is 11.3 Å². The molecule has 6 nitrogen and oxygen atoms in total. The number of carbonyl (C=O) groups is 1. The molecule has 1 aliphatic carbocycles. The van der Waals surface area contributed by atoms with E-state index in [1.807, 2.05) is 6.92 Å². The van der Waals surface area contributed by atoms with Crippen LogP contribution in [0.4, 0.5) is 0 Å². The van der Waals surface area contributed by atoms with Gasteiger partial charge < -0.3 is 4.74 Å². The van der Waals surface area contributed by atoms with Crippen molar-refractivity contribution in [2.45, 2.75) is 45.4 Å². The lowest BCUT2D eigenvalue weighted by Crippen LogP contribution is -2.43. The Balaban J connectivity index is 2.02. The fraction of sp³-hybridized carbons (Fsp3) is 0.562. The number of nitrogens with zero attached hydrogens (tertiary/aromatic N) is 2. The molecule has 122 valence electrons. The maximum absolute atomic E-state index is 12.9. The largest absolute Gasteiger partial charge is 0.376 e. The van der Waals surface area contributed by atoms with Gasteiger partial charge in [0.15, 0.2) is 6.29 Å². The van der Waals surface area contributed by atoms with Gasteiger partial charge in [-0.05, 0) is 31.2 Å². The molecule has 0 bridgehead atoms. The van der Waals surface area contributed by atoms with Crippen LogP contribution in [0.5, 0.6) is 0 Å². The summed E-state index contributed by atoms with van der Waals surface area (Å²) in [5.74, 6) is 0.343. The van der Waals surface area contributed by atoms with Crippen LogP contribution in [-0.2, 0) is 11.3 Å². The molecule has 0 spiro atoms. The highest BCUT2D eigenvalue weighted by Crippen LogP contribution is 2.41.